The lowest BCUT2D eigenvalue weighted by atomic mass is 10.1. The van der Waals surface area contributed by atoms with Crippen LogP contribution in [0.3, 0.4) is 0 Å². The third-order valence-electron chi connectivity index (χ3n) is 4.16. The van der Waals surface area contributed by atoms with E-state index in [9.17, 15) is 23.1 Å². The maximum Gasteiger partial charge on any atom is 0.573 e. The number of hydrogen-bond acceptors (Lipinski definition) is 6. The number of rotatable bonds is 5. The van der Waals surface area contributed by atoms with Crippen molar-refractivity contribution in [1.82, 2.24) is 19.7 Å². The number of anilines is 1. The Morgan fingerprint density at radius 1 is 1.29 bits per heavy atom. The Labute approximate surface area is 157 Å². The van der Waals surface area contributed by atoms with Crippen molar-refractivity contribution in [3.05, 3.63) is 45.9 Å². The quantitative estimate of drug-likeness (QED) is 0.685. The molecule has 3 rings (SSSR count). The predicted molar refractivity (Wildman–Crippen MR) is 95.3 cm³/mol. The van der Waals surface area contributed by atoms with E-state index >= 15 is 0 Å². The molecule has 0 aliphatic heterocycles. The van der Waals surface area contributed by atoms with Crippen LogP contribution in [0.15, 0.2) is 29.1 Å². The highest BCUT2D eigenvalue weighted by Gasteiger charge is 2.31. The van der Waals surface area contributed by atoms with Crippen LogP contribution in [0.4, 0.5) is 19.1 Å². The van der Waals surface area contributed by atoms with Crippen molar-refractivity contribution in [2.45, 2.75) is 25.9 Å². The highest BCUT2D eigenvalue weighted by atomic mass is 19.4. The molecule has 2 heterocycles. The van der Waals surface area contributed by atoms with Crippen molar-refractivity contribution in [2.75, 3.05) is 19.0 Å². The van der Waals surface area contributed by atoms with Gasteiger partial charge in [0.2, 0.25) is 5.95 Å². The Kier molecular flexibility index (Phi) is 5.02. The van der Waals surface area contributed by atoms with Gasteiger partial charge in [0.05, 0.1) is 12.6 Å². The van der Waals surface area contributed by atoms with Gasteiger partial charge in [-0.2, -0.15) is 10.1 Å². The van der Waals surface area contributed by atoms with Gasteiger partial charge < -0.3 is 14.7 Å². The van der Waals surface area contributed by atoms with E-state index < -0.39 is 24.6 Å². The molecular weight excluding hydrogens is 379 g/mol. The van der Waals surface area contributed by atoms with Crippen molar-refractivity contribution < 1.29 is 23.0 Å². The average molecular weight is 397 g/mol. The number of hydrogen-bond donors (Lipinski definition) is 2. The van der Waals surface area contributed by atoms with Crippen LogP contribution in [-0.2, 0) is 6.61 Å². The van der Waals surface area contributed by atoms with E-state index in [-0.39, 0.29) is 22.5 Å². The molecule has 1 aromatic carbocycles. The molecule has 2 aromatic heterocycles. The van der Waals surface area contributed by atoms with Crippen LogP contribution in [0.5, 0.6) is 5.75 Å². The predicted octanol–water partition coefficient (Wildman–Crippen LogP) is 2.19. The average Bonchev–Trinajstić information content (AvgIpc) is 2.99. The minimum absolute atomic E-state index is 0.164. The van der Waals surface area contributed by atoms with Gasteiger partial charge in [-0.1, -0.05) is 12.1 Å². The summed E-state index contributed by atoms with van der Waals surface area (Å²) < 4.78 is 42.3. The SMILES string of the molecule is CC(c1ccc(OC(F)(F)F)cc1)n1nc(CO)c2c(=O)[nH]c(N(C)C)nc21. The second-order valence-electron chi connectivity index (χ2n) is 6.32. The number of fused-ring (bicyclic) bond motifs is 1. The second kappa shape index (κ2) is 7.15. The first-order valence-corrected chi connectivity index (χ1v) is 8.26. The summed E-state index contributed by atoms with van der Waals surface area (Å²) in [6, 6.07) is 4.87. The van der Waals surface area contributed by atoms with Crippen molar-refractivity contribution in [2.24, 2.45) is 0 Å². The van der Waals surface area contributed by atoms with Gasteiger partial charge >= 0.3 is 6.36 Å². The van der Waals surface area contributed by atoms with E-state index in [1.807, 2.05) is 0 Å². The number of halogens is 3. The van der Waals surface area contributed by atoms with Gasteiger partial charge in [-0.05, 0) is 24.6 Å². The van der Waals surface area contributed by atoms with Crippen molar-refractivity contribution in [3.8, 4) is 5.75 Å². The molecule has 0 aliphatic carbocycles. The number of aliphatic hydroxyl groups excluding tert-OH is 1. The number of nitrogens with zero attached hydrogens (tertiary/aromatic N) is 4. The smallest absolute Gasteiger partial charge is 0.406 e. The standard InChI is InChI=1S/C17H18F3N5O3/c1-9(10-4-6-11(7-5-10)28-17(18,19)20)25-14-13(12(8-26)23-25)15(27)22-16(21-14)24(2)3/h4-7,9,26H,8H2,1-3H3,(H,21,22,27). The van der Waals surface area contributed by atoms with E-state index in [2.05, 4.69) is 19.8 Å². The van der Waals surface area contributed by atoms with Crippen molar-refractivity contribution >= 4 is 17.0 Å². The summed E-state index contributed by atoms with van der Waals surface area (Å²) in [7, 11) is 3.42. The molecule has 0 bridgehead atoms. The van der Waals surface area contributed by atoms with Crippen LogP contribution in [0.25, 0.3) is 11.0 Å². The number of benzene rings is 1. The lowest BCUT2D eigenvalue weighted by molar-refractivity contribution is -0.274. The Balaban J connectivity index is 2.06. The van der Waals surface area contributed by atoms with E-state index in [0.29, 0.717) is 11.5 Å². The second-order valence-corrected chi connectivity index (χ2v) is 6.32. The molecule has 150 valence electrons. The first-order valence-electron chi connectivity index (χ1n) is 8.26. The lowest BCUT2D eigenvalue weighted by Crippen LogP contribution is -2.20. The zero-order valence-corrected chi connectivity index (χ0v) is 15.3. The Hall–Kier alpha value is -3.08. The molecule has 11 heteroatoms. The molecule has 0 fully saturated rings. The van der Waals surface area contributed by atoms with Crippen molar-refractivity contribution in [1.29, 1.82) is 0 Å². The number of H-pyrrole nitrogens is 1. The minimum Gasteiger partial charge on any atom is -0.406 e. The molecule has 0 aliphatic rings. The molecule has 8 nitrogen and oxygen atoms in total. The van der Waals surface area contributed by atoms with Gasteiger partial charge in [-0.25, -0.2) is 4.68 Å². The van der Waals surface area contributed by atoms with E-state index in [4.69, 9.17) is 0 Å². The first kappa shape index (κ1) is 19.7. The topological polar surface area (TPSA) is 96.3 Å². The zero-order valence-electron chi connectivity index (χ0n) is 15.3. The Morgan fingerprint density at radius 3 is 2.46 bits per heavy atom. The third-order valence-corrected chi connectivity index (χ3v) is 4.16. The van der Waals surface area contributed by atoms with Gasteiger partial charge in [-0.3, -0.25) is 9.78 Å². The summed E-state index contributed by atoms with van der Waals surface area (Å²) in [6.07, 6.45) is -4.77. The van der Waals surface area contributed by atoms with E-state index in [0.717, 1.165) is 0 Å². The summed E-state index contributed by atoms with van der Waals surface area (Å²) in [4.78, 5) is 21.1. The molecule has 2 N–H and O–H groups in total. The third kappa shape index (κ3) is 3.79. The van der Waals surface area contributed by atoms with Gasteiger partial charge in [0.1, 0.15) is 16.8 Å². The van der Waals surface area contributed by atoms with Crippen LogP contribution >= 0.6 is 0 Å². The molecule has 1 unspecified atom stereocenters. The molecule has 0 saturated carbocycles. The largest absolute Gasteiger partial charge is 0.573 e. The number of aromatic nitrogens is 4. The number of aromatic amines is 1. The first-order chi connectivity index (χ1) is 13.1. The van der Waals surface area contributed by atoms with E-state index in [1.54, 1.807) is 25.9 Å². The van der Waals surface area contributed by atoms with E-state index in [1.165, 1.54) is 28.9 Å². The summed E-state index contributed by atoms with van der Waals surface area (Å²) in [5.74, 6) is -0.0291. The highest BCUT2D eigenvalue weighted by molar-refractivity contribution is 5.78. The fourth-order valence-electron chi connectivity index (χ4n) is 2.78. The molecule has 0 saturated heterocycles. The van der Waals surface area contributed by atoms with Gasteiger partial charge in [0, 0.05) is 14.1 Å². The number of aliphatic hydroxyl groups is 1. The number of nitrogens with one attached hydrogen (secondary N) is 1. The molecular formula is C17H18F3N5O3. The van der Waals surface area contributed by atoms with Gasteiger partial charge in [0.25, 0.3) is 5.56 Å². The molecule has 0 amide bonds. The minimum atomic E-state index is -4.77. The number of alkyl halides is 3. The van der Waals surface area contributed by atoms with Gasteiger partial charge in [-0.15, -0.1) is 13.2 Å². The summed E-state index contributed by atoms with van der Waals surface area (Å²) in [5.41, 5.74) is 0.611. The van der Waals surface area contributed by atoms with Crippen LogP contribution in [-0.4, -0.2) is 45.3 Å². The maximum absolute atomic E-state index is 12.4. The van der Waals surface area contributed by atoms with Crippen LogP contribution < -0.4 is 15.2 Å². The fourth-order valence-corrected chi connectivity index (χ4v) is 2.78. The monoisotopic (exact) mass is 397 g/mol. The normalized spacial score (nSPS) is 13.0. The van der Waals surface area contributed by atoms with Crippen LogP contribution in [0.2, 0.25) is 0 Å². The molecule has 0 spiro atoms. The van der Waals surface area contributed by atoms with Crippen LogP contribution in [0, 0.1) is 0 Å². The highest BCUT2D eigenvalue weighted by Crippen LogP contribution is 2.27. The molecule has 1 atom stereocenters. The van der Waals surface area contributed by atoms with Gasteiger partial charge in [0.15, 0.2) is 5.65 Å². The summed E-state index contributed by atoms with van der Waals surface area (Å²) >= 11 is 0. The fraction of sp³-hybridized carbons (Fsp3) is 0.353. The van der Waals surface area contributed by atoms with Crippen molar-refractivity contribution in [3.63, 3.8) is 0 Å². The lowest BCUT2D eigenvalue weighted by Gasteiger charge is -2.16. The summed E-state index contributed by atoms with van der Waals surface area (Å²) in [6.45, 7) is 1.30. The number of ether oxygens (including phenoxy) is 1. The van der Waals surface area contributed by atoms with Crippen LogP contribution in [0.1, 0.15) is 24.2 Å². The Morgan fingerprint density at radius 2 is 1.93 bits per heavy atom. The zero-order chi connectivity index (χ0) is 20.6. The Bertz CT molecular complexity index is 1040. The maximum atomic E-state index is 12.4. The molecule has 0 radical (unpaired) electrons. The molecule has 28 heavy (non-hydrogen) atoms. The summed E-state index contributed by atoms with van der Waals surface area (Å²) in [5, 5.41) is 14.0. The molecule has 3 aromatic rings.